The van der Waals surface area contributed by atoms with E-state index in [1.165, 1.54) is 32.1 Å². The van der Waals surface area contributed by atoms with E-state index in [9.17, 15) is 9.59 Å². The molecule has 8 nitrogen and oxygen atoms in total. The van der Waals surface area contributed by atoms with Gasteiger partial charge in [-0.15, -0.1) is 0 Å². The minimum Gasteiger partial charge on any atom is -0.327 e. The molecule has 0 spiro atoms. The van der Waals surface area contributed by atoms with Crippen LogP contribution in [0.2, 0.25) is 0 Å². The highest BCUT2D eigenvalue weighted by Crippen LogP contribution is 2.36. The molecule has 0 radical (unpaired) electrons. The van der Waals surface area contributed by atoms with Gasteiger partial charge in [-0.05, 0) is 51.0 Å². The number of nitrogens with one attached hydrogen (secondary N) is 1. The first-order chi connectivity index (χ1) is 15.1. The van der Waals surface area contributed by atoms with Gasteiger partial charge < -0.3 is 4.90 Å². The average Bonchev–Trinajstić information content (AvgIpc) is 3.43. The zero-order chi connectivity index (χ0) is 21.4. The van der Waals surface area contributed by atoms with E-state index in [-0.39, 0.29) is 17.9 Å². The average molecular weight is 423 g/mol. The van der Waals surface area contributed by atoms with Gasteiger partial charge in [0.1, 0.15) is 11.5 Å². The van der Waals surface area contributed by atoms with E-state index in [0.29, 0.717) is 30.4 Å². The van der Waals surface area contributed by atoms with Crippen LogP contribution in [0.3, 0.4) is 0 Å². The Kier molecular flexibility index (Phi) is 5.46. The van der Waals surface area contributed by atoms with Gasteiger partial charge in [0.2, 0.25) is 5.91 Å². The number of aromatic nitrogens is 4. The van der Waals surface area contributed by atoms with Crippen molar-refractivity contribution in [1.82, 2.24) is 25.1 Å². The predicted molar refractivity (Wildman–Crippen MR) is 116 cm³/mol. The molecule has 1 aliphatic carbocycles. The Morgan fingerprint density at radius 3 is 2.71 bits per heavy atom. The standard InChI is InChI=1S/C23H30N6O2/c1-15-17-13-20(30)29(14-16-7-3-2-4-8-16)22(17)26-21(25-15)19-9-5-6-12-28(19)23(31)18-10-11-24-27-18/h10-11,16,19H,2-9,12-14H2,1H3,(H,24,27)/t19-/m0/s1. The van der Waals surface area contributed by atoms with E-state index in [4.69, 9.17) is 9.97 Å². The lowest BCUT2D eigenvalue weighted by atomic mass is 9.89. The summed E-state index contributed by atoms with van der Waals surface area (Å²) in [6, 6.07) is 1.52. The third kappa shape index (κ3) is 3.83. The van der Waals surface area contributed by atoms with Crippen LogP contribution in [0, 0.1) is 12.8 Å². The van der Waals surface area contributed by atoms with Crippen molar-refractivity contribution in [3.05, 3.63) is 35.0 Å². The van der Waals surface area contributed by atoms with Gasteiger partial charge in [-0.2, -0.15) is 5.10 Å². The van der Waals surface area contributed by atoms with Crippen LogP contribution in [0.25, 0.3) is 0 Å². The maximum atomic E-state index is 13.1. The minimum absolute atomic E-state index is 0.0703. The molecule has 31 heavy (non-hydrogen) atoms. The van der Waals surface area contributed by atoms with E-state index < -0.39 is 0 Å². The number of aryl methyl sites for hydroxylation is 1. The SMILES string of the molecule is Cc1nc([C@@H]2CCCCN2C(=O)c2ccn[nH]2)nc2c1CC(=O)N2CC1CCCCC1. The zero-order valence-corrected chi connectivity index (χ0v) is 18.1. The van der Waals surface area contributed by atoms with E-state index in [0.717, 1.165) is 42.9 Å². The highest BCUT2D eigenvalue weighted by molar-refractivity contribution is 6.00. The fraction of sp³-hybridized carbons (Fsp3) is 0.609. The van der Waals surface area contributed by atoms with Gasteiger partial charge in [0.25, 0.3) is 5.91 Å². The summed E-state index contributed by atoms with van der Waals surface area (Å²) in [6.07, 6.45) is 11.0. The Morgan fingerprint density at radius 1 is 1.13 bits per heavy atom. The number of piperidine rings is 1. The second-order valence-corrected chi connectivity index (χ2v) is 9.13. The number of anilines is 1. The van der Waals surface area contributed by atoms with E-state index >= 15 is 0 Å². The minimum atomic E-state index is -0.180. The maximum Gasteiger partial charge on any atom is 0.272 e. The van der Waals surface area contributed by atoms with Crippen LogP contribution in [0.4, 0.5) is 5.82 Å². The predicted octanol–water partition coefficient (Wildman–Crippen LogP) is 3.34. The molecule has 0 bridgehead atoms. The van der Waals surface area contributed by atoms with E-state index in [1.54, 1.807) is 12.3 Å². The Labute approximate surface area is 182 Å². The fourth-order valence-corrected chi connectivity index (χ4v) is 5.34. The summed E-state index contributed by atoms with van der Waals surface area (Å²) < 4.78 is 0. The number of H-pyrrole nitrogens is 1. The molecule has 2 fully saturated rings. The monoisotopic (exact) mass is 422 g/mol. The number of aromatic amines is 1. The molecule has 0 aromatic carbocycles. The summed E-state index contributed by atoms with van der Waals surface area (Å²) in [7, 11) is 0. The van der Waals surface area contributed by atoms with Crippen molar-refractivity contribution in [2.75, 3.05) is 18.0 Å². The van der Waals surface area contributed by atoms with Gasteiger partial charge in [-0.1, -0.05) is 19.3 Å². The number of hydrogen-bond acceptors (Lipinski definition) is 5. The number of rotatable bonds is 4. The number of fused-ring (bicyclic) bond motifs is 1. The van der Waals surface area contributed by atoms with Crippen LogP contribution in [0.5, 0.6) is 0 Å². The molecule has 3 aliphatic rings. The molecular weight excluding hydrogens is 392 g/mol. The van der Waals surface area contributed by atoms with E-state index in [2.05, 4.69) is 10.2 Å². The molecule has 164 valence electrons. The van der Waals surface area contributed by atoms with Gasteiger partial charge in [0.15, 0.2) is 5.82 Å². The quantitative estimate of drug-likeness (QED) is 0.815. The topological polar surface area (TPSA) is 95.1 Å². The van der Waals surface area contributed by atoms with Crippen molar-refractivity contribution < 1.29 is 9.59 Å². The molecule has 2 aliphatic heterocycles. The molecular formula is C23H30N6O2. The second kappa shape index (κ2) is 8.40. The third-order valence-electron chi connectivity index (χ3n) is 7.05. The van der Waals surface area contributed by atoms with Crippen molar-refractivity contribution in [1.29, 1.82) is 0 Å². The number of likely N-dealkylation sites (tertiary alicyclic amines) is 1. The van der Waals surface area contributed by atoms with Crippen LogP contribution >= 0.6 is 0 Å². The van der Waals surface area contributed by atoms with Crippen molar-refractivity contribution in [2.24, 2.45) is 5.92 Å². The molecule has 1 N–H and O–H groups in total. The lowest BCUT2D eigenvalue weighted by Crippen LogP contribution is -2.40. The number of nitrogens with zero attached hydrogens (tertiary/aromatic N) is 5. The summed E-state index contributed by atoms with van der Waals surface area (Å²) in [5, 5.41) is 6.71. The van der Waals surface area contributed by atoms with Gasteiger partial charge in [0.05, 0.1) is 12.5 Å². The lowest BCUT2D eigenvalue weighted by Gasteiger charge is -2.35. The van der Waals surface area contributed by atoms with Crippen molar-refractivity contribution in [2.45, 2.75) is 70.8 Å². The van der Waals surface area contributed by atoms with Crippen molar-refractivity contribution in [3.8, 4) is 0 Å². The zero-order valence-electron chi connectivity index (χ0n) is 18.1. The van der Waals surface area contributed by atoms with Gasteiger partial charge >= 0.3 is 0 Å². The number of carbonyl (C=O) groups excluding carboxylic acids is 2. The summed E-state index contributed by atoms with van der Waals surface area (Å²) in [5.74, 6) is 2.04. The smallest absolute Gasteiger partial charge is 0.272 e. The number of amides is 2. The van der Waals surface area contributed by atoms with Gasteiger partial charge in [-0.25, -0.2) is 9.97 Å². The molecule has 1 atom stereocenters. The largest absolute Gasteiger partial charge is 0.327 e. The van der Waals surface area contributed by atoms with E-state index in [1.807, 2.05) is 16.7 Å². The van der Waals surface area contributed by atoms with Crippen LogP contribution < -0.4 is 4.90 Å². The van der Waals surface area contributed by atoms with Crippen molar-refractivity contribution >= 4 is 17.6 Å². The van der Waals surface area contributed by atoms with Crippen molar-refractivity contribution in [3.63, 3.8) is 0 Å². The molecule has 4 heterocycles. The first-order valence-electron chi connectivity index (χ1n) is 11.6. The summed E-state index contributed by atoms with van der Waals surface area (Å²) in [5.41, 5.74) is 2.30. The molecule has 2 amide bonds. The molecule has 8 heteroatoms. The van der Waals surface area contributed by atoms with Crippen LogP contribution in [0.15, 0.2) is 12.3 Å². The Morgan fingerprint density at radius 2 is 1.94 bits per heavy atom. The summed E-state index contributed by atoms with van der Waals surface area (Å²) >= 11 is 0. The lowest BCUT2D eigenvalue weighted by molar-refractivity contribution is -0.117. The molecule has 5 rings (SSSR count). The van der Waals surface area contributed by atoms with Gasteiger partial charge in [-0.3, -0.25) is 19.6 Å². The normalized spacial score (nSPS) is 22.1. The van der Waals surface area contributed by atoms with Crippen LogP contribution in [0.1, 0.15) is 85.0 Å². The summed E-state index contributed by atoms with van der Waals surface area (Å²) in [4.78, 5) is 39.4. The third-order valence-corrected chi connectivity index (χ3v) is 7.05. The first kappa shape index (κ1) is 20.2. The molecule has 1 saturated heterocycles. The summed E-state index contributed by atoms with van der Waals surface area (Å²) in [6.45, 7) is 3.39. The maximum absolute atomic E-state index is 13.1. The second-order valence-electron chi connectivity index (χ2n) is 9.13. The molecule has 0 unspecified atom stereocenters. The Bertz CT molecular complexity index is 967. The highest BCUT2D eigenvalue weighted by atomic mass is 16.2. The molecule has 2 aromatic heterocycles. The number of carbonyl (C=O) groups is 2. The Balaban J connectivity index is 1.45. The van der Waals surface area contributed by atoms with Crippen LogP contribution in [-0.4, -0.2) is 50.0 Å². The fourth-order valence-electron chi connectivity index (χ4n) is 5.34. The van der Waals surface area contributed by atoms with Gasteiger partial charge in [0, 0.05) is 30.5 Å². The highest BCUT2D eigenvalue weighted by Gasteiger charge is 2.36. The van der Waals surface area contributed by atoms with Crippen LogP contribution in [-0.2, 0) is 11.2 Å². The Hall–Kier alpha value is -2.77. The first-order valence-corrected chi connectivity index (χ1v) is 11.6. The number of hydrogen-bond donors (Lipinski definition) is 1. The molecule has 1 saturated carbocycles. The molecule has 2 aromatic rings.